The predicted octanol–water partition coefficient (Wildman–Crippen LogP) is 3.46. The fourth-order valence-electron chi connectivity index (χ4n) is 4.62. The van der Waals surface area contributed by atoms with Crippen molar-refractivity contribution < 1.29 is 57.8 Å². The number of esters is 4. The molecule has 13 nitrogen and oxygen atoms in total. The van der Waals surface area contributed by atoms with Gasteiger partial charge < -0.3 is 38.6 Å². The number of aliphatic hydroxyl groups excluding tert-OH is 1. The Hall–Kier alpha value is -5.17. The van der Waals surface area contributed by atoms with Gasteiger partial charge in [-0.3, -0.25) is 24.2 Å². The third kappa shape index (κ3) is 8.01. The van der Waals surface area contributed by atoms with Crippen molar-refractivity contribution in [3.8, 4) is 11.5 Å². The number of hydrogen-bond donors (Lipinski definition) is 2. The van der Waals surface area contributed by atoms with Crippen LogP contribution in [0.3, 0.4) is 0 Å². The minimum atomic E-state index is -1.49. The van der Waals surface area contributed by atoms with E-state index in [1.165, 1.54) is 24.3 Å². The van der Waals surface area contributed by atoms with Crippen molar-refractivity contribution in [3.63, 3.8) is 0 Å². The normalized spacial score (nSPS) is 21.6. The van der Waals surface area contributed by atoms with Crippen LogP contribution in [-0.2, 0) is 42.9 Å². The lowest BCUT2D eigenvalue weighted by Crippen LogP contribution is -2.63. The highest BCUT2D eigenvalue weighted by Gasteiger charge is 2.53. The van der Waals surface area contributed by atoms with Gasteiger partial charge in [-0.05, 0) is 23.6 Å². The van der Waals surface area contributed by atoms with Gasteiger partial charge in [-0.15, -0.1) is 0 Å². The van der Waals surface area contributed by atoms with E-state index in [-0.39, 0.29) is 22.8 Å². The molecule has 4 rings (SSSR count). The lowest BCUT2D eigenvalue weighted by atomic mass is 9.98. The number of carbonyl (C=O) groups is 4. The molecule has 1 aliphatic heterocycles. The summed E-state index contributed by atoms with van der Waals surface area (Å²) < 4.78 is 33.0. The molecule has 5 unspecified atom stereocenters. The van der Waals surface area contributed by atoms with Gasteiger partial charge in [0.25, 0.3) is 0 Å². The summed E-state index contributed by atoms with van der Waals surface area (Å²) in [4.78, 5) is 51.8. The summed E-state index contributed by atoms with van der Waals surface area (Å²) in [5.74, 6) is -3.65. The lowest BCUT2D eigenvalue weighted by molar-refractivity contribution is -0.288. The van der Waals surface area contributed by atoms with Gasteiger partial charge in [0.05, 0.1) is 11.3 Å². The van der Waals surface area contributed by atoms with Gasteiger partial charge in [0, 0.05) is 51.4 Å². The van der Waals surface area contributed by atoms with Gasteiger partial charge in [-0.2, -0.15) is 0 Å². The topological polar surface area (TPSA) is 177 Å². The molecule has 0 amide bonds. The fraction of sp³-hybridized carbons (Fsp3) is 0.323. The van der Waals surface area contributed by atoms with Crippen molar-refractivity contribution in [2.45, 2.75) is 58.4 Å². The first-order valence-corrected chi connectivity index (χ1v) is 13.5. The van der Waals surface area contributed by atoms with E-state index in [9.17, 15) is 29.4 Å². The zero-order valence-corrected chi connectivity index (χ0v) is 24.3. The number of phenols is 1. The van der Waals surface area contributed by atoms with Crippen molar-refractivity contribution in [1.82, 2.24) is 4.98 Å². The molecular weight excluding hydrogens is 578 g/mol. The Bertz CT molecular complexity index is 1580. The maximum atomic E-state index is 12.0. The van der Waals surface area contributed by atoms with Crippen LogP contribution in [0.15, 0.2) is 54.7 Å². The van der Waals surface area contributed by atoms with Gasteiger partial charge in [0.1, 0.15) is 30.0 Å². The Labute approximate surface area is 251 Å². The average Bonchev–Trinajstić information content (AvgIpc) is 2.94. The number of pyridine rings is 1. The summed E-state index contributed by atoms with van der Waals surface area (Å²) >= 11 is 0. The van der Waals surface area contributed by atoms with Gasteiger partial charge in [-0.25, -0.2) is 0 Å². The summed E-state index contributed by atoms with van der Waals surface area (Å²) in [5, 5.41) is 23.3. The molecule has 232 valence electrons. The molecule has 1 aromatic heterocycles. The molecule has 1 saturated heterocycles. The third-order valence-corrected chi connectivity index (χ3v) is 6.38. The number of carbonyl (C=O) groups excluding carboxylic acids is 4. The smallest absolute Gasteiger partial charge is 0.303 e. The minimum Gasteiger partial charge on any atom is -0.507 e. The Morgan fingerprint density at radius 1 is 0.841 bits per heavy atom. The van der Waals surface area contributed by atoms with Gasteiger partial charge in [-0.1, -0.05) is 24.3 Å². The maximum absolute atomic E-state index is 12.0. The first kappa shape index (κ1) is 31.8. The molecule has 44 heavy (non-hydrogen) atoms. The summed E-state index contributed by atoms with van der Waals surface area (Å²) in [5.41, 5.74) is 0.521. The Balaban J connectivity index is 1.63. The average molecular weight is 610 g/mol. The highest BCUT2D eigenvalue weighted by Crippen LogP contribution is 2.34. The van der Waals surface area contributed by atoms with Crippen LogP contribution >= 0.6 is 0 Å². The van der Waals surface area contributed by atoms with E-state index in [1.54, 1.807) is 12.3 Å². The molecule has 2 heterocycles. The van der Waals surface area contributed by atoms with Crippen molar-refractivity contribution in [2.75, 3.05) is 6.61 Å². The molecule has 0 spiro atoms. The largest absolute Gasteiger partial charge is 0.507 e. The van der Waals surface area contributed by atoms with Crippen molar-refractivity contribution in [3.05, 3.63) is 66.0 Å². The summed E-state index contributed by atoms with van der Waals surface area (Å²) in [6, 6.07) is 13.3. The number of nitrogens with zero attached hydrogens (tertiary/aromatic N) is 1. The molecule has 0 saturated carbocycles. The van der Waals surface area contributed by atoms with Crippen LogP contribution in [0.25, 0.3) is 22.6 Å². The van der Waals surface area contributed by atoms with E-state index < -0.39 is 61.2 Å². The molecule has 0 bridgehead atoms. The Kier molecular flexibility index (Phi) is 10.0. The van der Waals surface area contributed by atoms with Gasteiger partial charge >= 0.3 is 23.9 Å². The highest BCUT2D eigenvalue weighted by molar-refractivity contribution is 5.86. The number of ether oxygens (including phenoxy) is 6. The monoisotopic (exact) mass is 609 g/mol. The van der Waals surface area contributed by atoms with E-state index >= 15 is 0 Å². The molecule has 1 fully saturated rings. The number of aromatic nitrogens is 1. The number of aromatic hydroxyl groups is 1. The Morgan fingerprint density at radius 3 is 2.11 bits per heavy atom. The highest BCUT2D eigenvalue weighted by atomic mass is 16.7. The number of hydrogen-bond acceptors (Lipinski definition) is 13. The van der Waals surface area contributed by atoms with E-state index in [1.807, 2.05) is 24.3 Å². The second-order valence-corrected chi connectivity index (χ2v) is 9.85. The quantitative estimate of drug-likeness (QED) is 0.205. The number of fused-ring (bicyclic) bond motifs is 1. The number of benzene rings is 2. The maximum Gasteiger partial charge on any atom is 0.303 e. The number of phenolic OH excluding ortho intramolecular Hbond substituents is 1. The number of rotatable bonds is 9. The Morgan fingerprint density at radius 2 is 1.48 bits per heavy atom. The fourth-order valence-corrected chi connectivity index (χ4v) is 4.62. The SMILES string of the molecule is CC(=O)OCC1OC(Oc2ccc(C(O)=Cc3cc4ccccc4cn3)c(O)c2)C(OC(C)=O)C(OC(C)=O)C1OC(C)=O. The van der Waals surface area contributed by atoms with Crippen molar-refractivity contribution in [1.29, 1.82) is 0 Å². The summed E-state index contributed by atoms with van der Waals surface area (Å²) in [6.45, 7) is 4.05. The van der Waals surface area contributed by atoms with Gasteiger partial charge in [0.2, 0.25) is 12.4 Å². The van der Waals surface area contributed by atoms with Crippen LogP contribution in [0.4, 0.5) is 0 Å². The van der Waals surface area contributed by atoms with E-state index in [4.69, 9.17) is 28.4 Å². The summed E-state index contributed by atoms with van der Waals surface area (Å²) in [7, 11) is 0. The molecule has 2 N–H and O–H groups in total. The van der Waals surface area contributed by atoms with Crippen molar-refractivity contribution >= 4 is 46.5 Å². The lowest BCUT2D eigenvalue weighted by Gasteiger charge is -2.43. The minimum absolute atomic E-state index is 0.00350. The van der Waals surface area contributed by atoms with Crippen LogP contribution < -0.4 is 4.74 Å². The molecule has 13 heteroatoms. The predicted molar refractivity (Wildman–Crippen MR) is 153 cm³/mol. The van der Waals surface area contributed by atoms with Crippen LogP contribution in [0.1, 0.15) is 39.0 Å². The van der Waals surface area contributed by atoms with Crippen LogP contribution in [0.2, 0.25) is 0 Å². The standard InChI is InChI=1S/C31H31NO12/c1-16(33)39-15-27-28(40-17(2)34)29(41-18(3)35)30(42-19(4)36)31(44-27)43-23-9-10-24(26(38)13-23)25(37)12-22-11-20-7-5-6-8-21(20)14-32-22/h5-14,27-31,37-38H,15H2,1-4H3. The van der Waals surface area contributed by atoms with Crippen molar-refractivity contribution in [2.24, 2.45) is 0 Å². The third-order valence-electron chi connectivity index (χ3n) is 6.38. The first-order valence-electron chi connectivity index (χ1n) is 13.5. The molecule has 5 atom stereocenters. The molecule has 0 radical (unpaired) electrons. The number of aliphatic hydroxyl groups is 1. The molecule has 0 aliphatic carbocycles. The molecule has 2 aromatic carbocycles. The van der Waals surface area contributed by atoms with Crippen LogP contribution in [0, 0.1) is 0 Å². The first-order chi connectivity index (χ1) is 20.9. The van der Waals surface area contributed by atoms with E-state index in [0.29, 0.717) is 5.69 Å². The zero-order chi connectivity index (χ0) is 32.0. The summed E-state index contributed by atoms with van der Waals surface area (Å²) in [6.07, 6.45) is -3.87. The second-order valence-electron chi connectivity index (χ2n) is 9.85. The van der Waals surface area contributed by atoms with Gasteiger partial charge in [0.15, 0.2) is 12.2 Å². The van der Waals surface area contributed by atoms with Crippen LogP contribution in [0.5, 0.6) is 11.5 Å². The van der Waals surface area contributed by atoms with E-state index in [0.717, 1.165) is 38.5 Å². The second kappa shape index (κ2) is 13.9. The molecule has 3 aromatic rings. The molecule has 1 aliphatic rings. The zero-order valence-electron chi connectivity index (χ0n) is 24.3. The van der Waals surface area contributed by atoms with E-state index in [2.05, 4.69) is 4.98 Å². The van der Waals surface area contributed by atoms with Crippen LogP contribution in [-0.4, -0.2) is 76.4 Å². The molecular formula is C31H31NO12.